The van der Waals surface area contributed by atoms with Crippen molar-refractivity contribution in [1.29, 1.82) is 0 Å². The fourth-order valence-electron chi connectivity index (χ4n) is 3.91. The van der Waals surface area contributed by atoms with Crippen LogP contribution in [-0.4, -0.2) is 12.6 Å². The summed E-state index contributed by atoms with van der Waals surface area (Å²) in [6, 6.07) is 9.88. The van der Waals surface area contributed by atoms with Crippen LogP contribution < -0.4 is 10.6 Å². The van der Waals surface area contributed by atoms with Crippen LogP contribution in [0.2, 0.25) is 0 Å². The molecule has 2 heteroatoms. The van der Waals surface area contributed by atoms with Crippen LogP contribution in [0, 0.1) is 5.92 Å². The van der Waals surface area contributed by atoms with E-state index in [-0.39, 0.29) is 6.04 Å². The van der Waals surface area contributed by atoms with Gasteiger partial charge in [-0.05, 0) is 56.2 Å². The Morgan fingerprint density at radius 1 is 1.05 bits per heavy atom. The Hall–Kier alpha value is -1.02. The van der Waals surface area contributed by atoms with Crippen molar-refractivity contribution in [3.8, 4) is 0 Å². The van der Waals surface area contributed by atoms with Gasteiger partial charge in [0, 0.05) is 24.3 Å². The minimum atomic E-state index is 0.137. The Morgan fingerprint density at radius 2 is 1.74 bits per heavy atom. The van der Waals surface area contributed by atoms with Crippen LogP contribution in [-0.2, 0) is 0 Å². The number of benzene rings is 1. The summed E-state index contributed by atoms with van der Waals surface area (Å²) in [7, 11) is 0. The highest BCUT2D eigenvalue weighted by atomic mass is 15.2. The van der Waals surface area contributed by atoms with Crippen molar-refractivity contribution in [3.63, 3.8) is 0 Å². The monoisotopic (exact) mass is 258 g/mol. The van der Waals surface area contributed by atoms with Crippen LogP contribution in [0.5, 0.6) is 0 Å². The summed E-state index contributed by atoms with van der Waals surface area (Å²) in [4.78, 5) is 2.66. The first-order chi connectivity index (χ1) is 9.25. The molecule has 1 unspecified atom stereocenters. The molecule has 3 atom stereocenters. The molecule has 0 radical (unpaired) electrons. The first kappa shape index (κ1) is 13.0. The van der Waals surface area contributed by atoms with Gasteiger partial charge in [-0.25, -0.2) is 0 Å². The molecule has 2 nitrogen and oxygen atoms in total. The van der Waals surface area contributed by atoms with Crippen molar-refractivity contribution in [2.45, 2.75) is 57.5 Å². The van der Waals surface area contributed by atoms with Gasteiger partial charge < -0.3 is 10.6 Å². The maximum Gasteiger partial charge on any atom is 0.0369 e. The van der Waals surface area contributed by atoms with Gasteiger partial charge in [0.05, 0.1) is 0 Å². The molecule has 1 aromatic rings. The molecule has 1 saturated carbocycles. The number of hydrogen-bond acceptors (Lipinski definition) is 2. The van der Waals surface area contributed by atoms with Crippen LogP contribution in [0.3, 0.4) is 0 Å². The van der Waals surface area contributed by atoms with E-state index in [0.29, 0.717) is 0 Å². The first-order valence-electron chi connectivity index (χ1n) is 7.88. The molecule has 1 aromatic carbocycles. The summed E-state index contributed by atoms with van der Waals surface area (Å²) >= 11 is 0. The van der Waals surface area contributed by atoms with E-state index in [0.717, 1.165) is 12.0 Å². The number of anilines is 1. The Labute approximate surface area is 117 Å². The van der Waals surface area contributed by atoms with Crippen molar-refractivity contribution in [3.05, 3.63) is 29.8 Å². The van der Waals surface area contributed by atoms with E-state index in [9.17, 15) is 0 Å². The molecule has 2 N–H and O–H groups in total. The third-order valence-electron chi connectivity index (χ3n) is 4.99. The SMILES string of the molecule is CC(N)c1ccc(N2CCC[C@H]3CCCC[C@H]32)cc1. The number of nitrogens with two attached hydrogens (primary N) is 1. The highest BCUT2D eigenvalue weighted by molar-refractivity contribution is 5.49. The maximum absolute atomic E-state index is 5.93. The van der Waals surface area contributed by atoms with Crippen LogP contribution in [0.15, 0.2) is 24.3 Å². The number of rotatable bonds is 2. The minimum absolute atomic E-state index is 0.137. The maximum atomic E-state index is 5.93. The van der Waals surface area contributed by atoms with E-state index >= 15 is 0 Å². The molecule has 0 aromatic heterocycles. The van der Waals surface area contributed by atoms with E-state index in [1.165, 1.54) is 56.3 Å². The lowest BCUT2D eigenvalue weighted by Crippen LogP contribution is -2.46. The molecule has 1 heterocycles. The summed E-state index contributed by atoms with van der Waals surface area (Å²) in [5, 5.41) is 0. The van der Waals surface area contributed by atoms with Gasteiger partial charge in [-0.3, -0.25) is 0 Å². The van der Waals surface area contributed by atoms with Crippen LogP contribution in [0.25, 0.3) is 0 Å². The third kappa shape index (κ3) is 2.64. The molecule has 1 aliphatic heterocycles. The van der Waals surface area contributed by atoms with Gasteiger partial charge in [0.15, 0.2) is 0 Å². The van der Waals surface area contributed by atoms with Crippen molar-refractivity contribution < 1.29 is 0 Å². The van der Waals surface area contributed by atoms with E-state index in [4.69, 9.17) is 5.73 Å². The molecular weight excluding hydrogens is 232 g/mol. The van der Waals surface area contributed by atoms with Gasteiger partial charge in [0.2, 0.25) is 0 Å². The van der Waals surface area contributed by atoms with E-state index in [1.54, 1.807) is 0 Å². The second-order valence-corrected chi connectivity index (χ2v) is 6.33. The molecule has 2 fully saturated rings. The number of hydrogen-bond donors (Lipinski definition) is 1. The third-order valence-corrected chi connectivity index (χ3v) is 4.99. The summed E-state index contributed by atoms with van der Waals surface area (Å²) in [5.41, 5.74) is 8.58. The van der Waals surface area contributed by atoms with E-state index < -0.39 is 0 Å². The largest absolute Gasteiger partial charge is 0.368 e. The zero-order valence-corrected chi connectivity index (χ0v) is 12.0. The topological polar surface area (TPSA) is 29.3 Å². The van der Waals surface area contributed by atoms with Crippen LogP contribution >= 0.6 is 0 Å². The van der Waals surface area contributed by atoms with Gasteiger partial charge in [-0.2, -0.15) is 0 Å². The van der Waals surface area contributed by atoms with Crippen molar-refractivity contribution in [2.24, 2.45) is 11.7 Å². The molecule has 1 aliphatic carbocycles. The first-order valence-corrected chi connectivity index (χ1v) is 7.88. The normalized spacial score (nSPS) is 28.8. The van der Waals surface area contributed by atoms with Gasteiger partial charge in [0.1, 0.15) is 0 Å². The lowest BCUT2D eigenvalue weighted by molar-refractivity contribution is 0.244. The predicted octanol–water partition coefficient (Wildman–Crippen LogP) is 3.87. The fraction of sp³-hybridized carbons (Fsp3) is 0.647. The zero-order chi connectivity index (χ0) is 13.2. The quantitative estimate of drug-likeness (QED) is 0.872. The number of piperidine rings is 1. The molecule has 0 bridgehead atoms. The molecule has 3 rings (SSSR count). The molecule has 1 saturated heterocycles. The average Bonchev–Trinajstić information content (AvgIpc) is 2.47. The average molecular weight is 258 g/mol. The highest BCUT2D eigenvalue weighted by Crippen LogP contribution is 2.37. The molecule has 104 valence electrons. The highest BCUT2D eigenvalue weighted by Gasteiger charge is 2.33. The lowest BCUT2D eigenvalue weighted by Gasteiger charge is -2.45. The van der Waals surface area contributed by atoms with E-state index in [1.807, 2.05) is 6.92 Å². The number of nitrogens with zero attached hydrogens (tertiary/aromatic N) is 1. The smallest absolute Gasteiger partial charge is 0.0369 e. The second kappa shape index (κ2) is 5.54. The fourth-order valence-corrected chi connectivity index (χ4v) is 3.91. The predicted molar refractivity (Wildman–Crippen MR) is 81.4 cm³/mol. The Morgan fingerprint density at radius 3 is 2.47 bits per heavy atom. The van der Waals surface area contributed by atoms with Gasteiger partial charge in [-0.15, -0.1) is 0 Å². The van der Waals surface area contributed by atoms with Crippen molar-refractivity contribution in [1.82, 2.24) is 0 Å². The summed E-state index contributed by atoms with van der Waals surface area (Å²) in [6.07, 6.45) is 8.49. The standard InChI is InChI=1S/C17H26N2/c1-13(18)14-8-10-16(11-9-14)19-12-4-6-15-5-2-3-7-17(15)19/h8-11,13,15,17H,2-7,12,18H2,1H3/t13?,15-,17-/m1/s1. The van der Waals surface area contributed by atoms with Gasteiger partial charge >= 0.3 is 0 Å². The van der Waals surface area contributed by atoms with Crippen LogP contribution in [0.4, 0.5) is 5.69 Å². The Kier molecular flexibility index (Phi) is 3.79. The molecule has 2 aliphatic rings. The number of fused-ring (bicyclic) bond motifs is 1. The van der Waals surface area contributed by atoms with E-state index in [2.05, 4.69) is 29.2 Å². The molecular formula is C17H26N2. The zero-order valence-electron chi connectivity index (χ0n) is 12.0. The lowest BCUT2D eigenvalue weighted by atomic mass is 9.78. The summed E-state index contributed by atoms with van der Waals surface area (Å²) in [6.45, 7) is 3.28. The summed E-state index contributed by atoms with van der Waals surface area (Å²) in [5.74, 6) is 0.940. The Bertz CT molecular complexity index is 408. The van der Waals surface area contributed by atoms with Gasteiger partial charge in [0.25, 0.3) is 0 Å². The molecule has 0 amide bonds. The van der Waals surface area contributed by atoms with Gasteiger partial charge in [-0.1, -0.05) is 25.0 Å². The second-order valence-electron chi connectivity index (χ2n) is 6.33. The van der Waals surface area contributed by atoms with Crippen molar-refractivity contribution in [2.75, 3.05) is 11.4 Å². The van der Waals surface area contributed by atoms with Crippen LogP contribution in [0.1, 0.15) is 57.1 Å². The Balaban J connectivity index is 1.79. The van der Waals surface area contributed by atoms with Crippen molar-refractivity contribution >= 4 is 5.69 Å². The minimum Gasteiger partial charge on any atom is -0.368 e. The molecule has 0 spiro atoms. The summed E-state index contributed by atoms with van der Waals surface area (Å²) < 4.78 is 0. The molecule has 19 heavy (non-hydrogen) atoms.